The molecule has 3 saturated heterocycles. The van der Waals surface area contributed by atoms with Crippen LogP contribution in [0.2, 0.25) is 0 Å². The molecule has 5 fully saturated rings. The maximum atomic E-state index is 13.5. The fraction of sp³-hybridized carbons (Fsp3) is 0.793. The number of ketones is 1. The molecule has 6 aliphatic rings. The summed E-state index contributed by atoms with van der Waals surface area (Å²) in [7, 11) is 0. The molecular weight excluding hydrogens is 508 g/mol. The van der Waals surface area contributed by atoms with E-state index in [2.05, 4.69) is 13.0 Å². The average Bonchev–Trinajstić information content (AvgIpc) is 3.26. The van der Waals surface area contributed by atoms with Crippen molar-refractivity contribution in [1.29, 1.82) is 0 Å². The minimum atomic E-state index is -1.68. The molecule has 0 amide bonds. The Morgan fingerprint density at radius 3 is 2.59 bits per heavy atom. The molecule has 39 heavy (non-hydrogen) atoms. The van der Waals surface area contributed by atoms with Gasteiger partial charge in [-0.05, 0) is 31.8 Å². The largest absolute Gasteiger partial charge is 0.456 e. The van der Waals surface area contributed by atoms with Crippen molar-refractivity contribution in [2.75, 3.05) is 6.61 Å². The van der Waals surface area contributed by atoms with E-state index >= 15 is 0 Å². The highest BCUT2D eigenvalue weighted by atomic mass is 16.7. The lowest BCUT2D eigenvalue weighted by Crippen LogP contribution is -2.73. The molecule has 0 unspecified atom stereocenters. The number of allylic oxidation sites excluding steroid dienone is 1. The molecule has 4 N–H and O–H groups in total. The van der Waals surface area contributed by atoms with Crippen molar-refractivity contribution in [3.05, 3.63) is 23.8 Å². The van der Waals surface area contributed by atoms with E-state index in [1.807, 2.05) is 19.1 Å². The second kappa shape index (κ2) is 11.3. The number of unbranched alkanes of at least 4 members (excludes halogenated alkanes) is 5. The van der Waals surface area contributed by atoms with Crippen molar-refractivity contribution >= 4 is 11.8 Å². The Balaban J connectivity index is 1.31. The monoisotopic (exact) mass is 550 g/mol. The third kappa shape index (κ3) is 4.92. The molecule has 0 aromatic rings. The van der Waals surface area contributed by atoms with Gasteiger partial charge >= 0.3 is 5.97 Å². The summed E-state index contributed by atoms with van der Waals surface area (Å²) in [5.74, 6) is -1.67. The van der Waals surface area contributed by atoms with Crippen LogP contribution in [0.4, 0.5) is 0 Å². The molecule has 0 aromatic carbocycles. The average molecular weight is 551 g/mol. The molecule has 2 spiro atoms. The number of rotatable bonds is 10. The first kappa shape index (κ1) is 28.9. The lowest BCUT2D eigenvalue weighted by atomic mass is 9.58. The maximum Gasteiger partial charge on any atom is 0.347 e. The summed E-state index contributed by atoms with van der Waals surface area (Å²) in [5, 5.41) is 40.1. The molecule has 0 radical (unpaired) electrons. The van der Waals surface area contributed by atoms with Crippen LogP contribution in [0.15, 0.2) is 23.8 Å². The van der Waals surface area contributed by atoms with Gasteiger partial charge in [-0.15, -0.1) is 0 Å². The number of carbonyl (C=O) groups is 2. The molecular formula is C29H42O10. The zero-order valence-corrected chi connectivity index (χ0v) is 22.7. The summed E-state index contributed by atoms with van der Waals surface area (Å²) < 4.78 is 23.8. The predicted molar refractivity (Wildman–Crippen MR) is 137 cm³/mol. The number of ether oxygens (including phenoxy) is 4. The van der Waals surface area contributed by atoms with Crippen LogP contribution < -0.4 is 0 Å². The van der Waals surface area contributed by atoms with E-state index < -0.39 is 72.6 Å². The van der Waals surface area contributed by atoms with Crippen molar-refractivity contribution in [2.45, 2.75) is 126 Å². The Kier molecular flexibility index (Phi) is 8.37. The quantitative estimate of drug-likeness (QED) is 0.136. The number of aliphatic hydroxyl groups is 4. The summed E-state index contributed by atoms with van der Waals surface area (Å²) in [6.45, 7) is 3.58. The number of Topliss-reactive ketones (excluding diaryl/α,β-unsaturated/α-hetero) is 1. The van der Waals surface area contributed by atoms with Crippen LogP contribution in [0.5, 0.6) is 0 Å². The van der Waals surface area contributed by atoms with Crippen LogP contribution in [0.1, 0.15) is 71.6 Å². The Labute approximate surface area is 229 Å². The van der Waals surface area contributed by atoms with Crippen molar-refractivity contribution in [3.8, 4) is 0 Å². The zero-order chi connectivity index (χ0) is 27.9. The molecule has 2 bridgehead atoms. The molecule has 4 heterocycles. The Morgan fingerprint density at radius 2 is 1.87 bits per heavy atom. The molecule has 6 rings (SSSR count). The highest BCUT2D eigenvalue weighted by Gasteiger charge is 2.75. The zero-order valence-electron chi connectivity index (χ0n) is 22.7. The molecule has 11 atom stereocenters. The van der Waals surface area contributed by atoms with Crippen LogP contribution >= 0.6 is 0 Å². The number of hydrogen-bond donors (Lipinski definition) is 4. The van der Waals surface area contributed by atoms with Crippen LogP contribution in [0.25, 0.3) is 0 Å². The second-order valence-electron chi connectivity index (χ2n) is 11.9. The van der Waals surface area contributed by atoms with E-state index in [1.54, 1.807) is 0 Å². The molecule has 10 heteroatoms. The standard InChI is InChI=1S/C29H42O10/c1-3-4-5-6-7-8-9-10-20-16(2)11-19-18-12-17(36-26-25(34)24(33)23(32)21(15-30)37-26)13-28(18)14-22(31)29(19,38-20)27(35)39-28/h9-11,17-21,23-26,30,32-34H,3-8,12-15H2,1-2H3/b10-9+/t17-,18+,19+,20+,21-,23-,24+,25-,26-,28-,29+/m1/s1. The summed E-state index contributed by atoms with van der Waals surface area (Å²) in [6, 6.07) is 0. The minimum Gasteiger partial charge on any atom is -0.456 e. The Hall–Kier alpha value is -1.66. The highest BCUT2D eigenvalue weighted by molar-refractivity contribution is 6.11. The van der Waals surface area contributed by atoms with Crippen LogP contribution in [-0.2, 0) is 28.5 Å². The van der Waals surface area contributed by atoms with E-state index in [1.165, 1.54) is 25.7 Å². The number of esters is 1. The number of hydrogen-bond acceptors (Lipinski definition) is 10. The van der Waals surface area contributed by atoms with Gasteiger partial charge in [0.15, 0.2) is 12.1 Å². The van der Waals surface area contributed by atoms with Crippen LogP contribution in [0.3, 0.4) is 0 Å². The summed E-state index contributed by atoms with van der Waals surface area (Å²) in [6.07, 6.45) is 5.50. The van der Waals surface area contributed by atoms with Gasteiger partial charge < -0.3 is 39.4 Å². The molecule has 218 valence electrons. The minimum absolute atomic E-state index is 0.0230. The van der Waals surface area contributed by atoms with Gasteiger partial charge in [0.25, 0.3) is 0 Å². The molecule has 4 aliphatic heterocycles. The lowest BCUT2D eigenvalue weighted by molar-refractivity contribution is -0.311. The lowest BCUT2D eigenvalue weighted by Gasteiger charge is -2.57. The first-order valence-electron chi connectivity index (χ1n) is 14.4. The van der Waals surface area contributed by atoms with Gasteiger partial charge in [-0.3, -0.25) is 4.79 Å². The van der Waals surface area contributed by atoms with Gasteiger partial charge in [-0.25, -0.2) is 4.79 Å². The van der Waals surface area contributed by atoms with Crippen molar-refractivity contribution in [3.63, 3.8) is 0 Å². The van der Waals surface area contributed by atoms with Gasteiger partial charge in [0.1, 0.15) is 30.0 Å². The van der Waals surface area contributed by atoms with Gasteiger partial charge in [-0.1, -0.05) is 50.8 Å². The molecule has 10 nitrogen and oxygen atoms in total. The number of fused-ring (bicyclic) bond motifs is 2. The summed E-state index contributed by atoms with van der Waals surface area (Å²) in [4.78, 5) is 26.9. The summed E-state index contributed by atoms with van der Waals surface area (Å²) in [5.41, 5.74) is -1.78. The maximum absolute atomic E-state index is 13.5. The third-order valence-electron chi connectivity index (χ3n) is 9.31. The second-order valence-corrected chi connectivity index (χ2v) is 11.9. The number of aliphatic hydroxyl groups excluding tert-OH is 4. The van der Waals surface area contributed by atoms with Gasteiger partial charge in [0, 0.05) is 18.3 Å². The SMILES string of the molecule is CCCCCCC/C=C/[C@@H]1O[C@]23C(=O)C[C@@]4(C[C@H](O[C@@H]5O[C@H](CO)[C@@H](O)[C@H](O)[C@H]5O)C[C@H]4[C@@H]2C=C1C)OC3=O. The number of carbonyl (C=O) groups excluding carboxylic acids is 2. The molecule has 0 aromatic heterocycles. The fourth-order valence-electron chi connectivity index (χ4n) is 7.18. The first-order chi connectivity index (χ1) is 18.7. The van der Waals surface area contributed by atoms with Gasteiger partial charge in [0.2, 0.25) is 5.60 Å². The predicted octanol–water partition coefficient (Wildman–Crippen LogP) is 1.47. The Bertz CT molecular complexity index is 971. The van der Waals surface area contributed by atoms with Crippen molar-refractivity contribution in [1.82, 2.24) is 0 Å². The van der Waals surface area contributed by atoms with E-state index in [0.29, 0.717) is 6.42 Å². The normalized spacial score (nSPS) is 45.3. The smallest absolute Gasteiger partial charge is 0.347 e. The highest BCUT2D eigenvalue weighted by Crippen LogP contribution is 2.61. The van der Waals surface area contributed by atoms with Crippen molar-refractivity contribution < 1.29 is 49.0 Å². The van der Waals surface area contributed by atoms with Crippen LogP contribution in [-0.4, -0.2) is 92.9 Å². The van der Waals surface area contributed by atoms with Crippen LogP contribution in [0, 0.1) is 11.8 Å². The topological polar surface area (TPSA) is 152 Å². The van der Waals surface area contributed by atoms with E-state index in [4.69, 9.17) is 18.9 Å². The van der Waals surface area contributed by atoms with Gasteiger partial charge in [0.05, 0.1) is 25.2 Å². The summed E-state index contributed by atoms with van der Waals surface area (Å²) >= 11 is 0. The fourth-order valence-corrected chi connectivity index (χ4v) is 7.18. The third-order valence-corrected chi connectivity index (χ3v) is 9.31. The first-order valence-corrected chi connectivity index (χ1v) is 14.4. The van der Waals surface area contributed by atoms with E-state index in [9.17, 15) is 30.0 Å². The molecule has 2 saturated carbocycles. The van der Waals surface area contributed by atoms with Crippen molar-refractivity contribution in [2.24, 2.45) is 11.8 Å². The molecule has 2 aliphatic carbocycles. The Morgan fingerprint density at radius 1 is 1.10 bits per heavy atom. The van der Waals surface area contributed by atoms with Gasteiger partial charge in [-0.2, -0.15) is 0 Å². The van der Waals surface area contributed by atoms with E-state index in [-0.39, 0.29) is 24.5 Å². The van der Waals surface area contributed by atoms with E-state index in [0.717, 1.165) is 18.4 Å².